The monoisotopic (exact) mass is 250 g/mol. The zero-order valence-electron chi connectivity index (χ0n) is 11.1. The molecule has 0 heterocycles. The van der Waals surface area contributed by atoms with Crippen molar-refractivity contribution in [2.24, 2.45) is 0 Å². The van der Waals surface area contributed by atoms with E-state index < -0.39 is 11.7 Å². The van der Waals surface area contributed by atoms with Crippen LogP contribution in [0.5, 0.6) is 5.75 Å². The van der Waals surface area contributed by atoms with Crippen molar-refractivity contribution in [3.05, 3.63) is 29.3 Å². The Balaban J connectivity index is 2.10. The van der Waals surface area contributed by atoms with Crippen LogP contribution in [0.15, 0.2) is 18.2 Å². The van der Waals surface area contributed by atoms with Crippen LogP contribution in [-0.4, -0.2) is 22.4 Å². The van der Waals surface area contributed by atoms with E-state index in [2.05, 4.69) is 0 Å². The van der Waals surface area contributed by atoms with E-state index in [0.717, 1.165) is 36.8 Å². The first-order chi connectivity index (χ1) is 8.50. The molecule has 3 heteroatoms. The van der Waals surface area contributed by atoms with E-state index in [0.29, 0.717) is 12.4 Å². The highest BCUT2D eigenvalue weighted by atomic mass is 16.5. The number of aliphatic hydroxyl groups is 2. The summed E-state index contributed by atoms with van der Waals surface area (Å²) in [5.41, 5.74) is 1.19. The molecule has 1 atom stereocenters. The molecule has 3 nitrogen and oxygen atoms in total. The number of ether oxygens (including phenoxy) is 1. The summed E-state index contributed by atoms with van der Waals surface area (Å²) in [5, 5.41) is 20.0. The Labute approximate surface area is 108 Å². The van der Waals surface area contributed by atoms with Crippen molar-refractivity contribution in [1.29, 1.82) is 0 Å². The van der Waals surface area contributed by atoms with Crippen LogP contribution >= 0.6 is 0 Å². The van der Waals surface area contributed by atoms with Crippen LogP contribution in [0.4, 0.5) is 0 Å². The maximum atomic E-state index is 10.3. The van der Waals surface area contributed by atoms with Crippen LogP contribution in [0.25, 0.3) is 0 Å². The van der Waals surface area contributed by atoms with Gasteiger partial charge >= 0.3 is 0 Å². The average molecular weight is 250 g/mol. The predicted molar refractivity (Wildman–Crippen MR) is 70.7 cm³/mol. The van der Waals surface area contributed by atoms with Crippen LogP contribution in [0.1, 0.15) is 49.8 Å². The number of aryl methyl sites for hydroxylation is 1. The Morgan fingerprint density at radius 3 is 2.61 bits per heavy atom. The van der Waals surface area contributed by atoms with E-state index in [9.17, 15) is 10.2 Å². The lowest BCUT2D eigenvalue weighted by atomic mass is 10.0. The van der Waals surface area contributed by atoms with E-state index in [4.69, 9.17) is 4.74 Å². The highest BCUT2D eigenvalue weighted by Crippen LogP contribution is 2.32. The van der Waals surface area contributed by atoms with Crippen LogP contribution < -0.4 is 4.74 Å². The molecular formula is C15H22O3. The van der Waals surface area contributed by atoms with Crippen molar-refractivity contribution in [2.45, 2.75) is 51.2 Å². The highest BCUT2D eigenvalue weighted by Gasteiger charge is 2.32. The summed E-state index contributed by atoms with van der Waals surface area (Å²) in [6.07, 6.45) is 3.19. The summed E-state index contributed by atoms with van der Waals surface area (Å²) in [4.78, 5) is 0. The molecule has 1 unspecified atom stereocenters. The molecule has 0 radical (unpaired) electrons. The van der Waals surface area contributed by atoms with Gasteiger partial charge in [-0.2, -0.15) is 0 Å². The maximum Gasteiger partial charge on any atom is 0.125 e. The topological polar surface area (TPSA) is 49.7 Å². The molecule has 0 aromatic heterocycles. The van der Waals surface area contributed by atoms with E-state index in [-0.39, 0.29) is 0 Å². The van der Waals surface area contributed by atoms with E-state index in [1.54, 1.807) is 6.92 Å². The predicted octanol–water partition coefficient (Wildman–Crippen LogP) is 2.73. The second-order valence-corrected chi connectivity index (χ2v) is 5.44. The minimum Gasteiger partial charge on any atom is -0.490 e. The van der Waals surface area contributed by atoms with Crippen LogP contribution in [0.3, 0.4) is 0 Å². The van der Waals surface area contributed by atoms with Gasteiger partial charge in [-0.1, -0.05) is 25.0 Å². The van der Waals surface area contributed by atoms with Gasteiger partial charge in [0.25, 0.3) is 0 Å². The van der Waals surface area contributed by atoms with Crippen molar-refractivity contribution in [3.8, 4) is 5.75 Å². The molecular weight excluding hydrogens is 228 g/mol. The van der Waals surface area contributed by atoms with Gasteiger partial charge < -0.3 is 14.9 Å². The number of aliphatic hydroxyl groups excluding tert-OH is 1. The van der Waals surface area contributed by atoms with Crippen molar-refractivity contribution < 1.29 is 14.9 Å². The molecule has 0 bridgehead atoms. The fraction of sp³-hybridized carbons (Fsp3) is 0.600. The lowest BCUT2D eigenvalue weighted by Gasteiger charge is -2.23. The molecule has 2 N–H and O–H groups in total. The first kappa shape index (κ1) is 13.4. The molecule has 1 fully saturated rings. The normalized spacial score (nSPS) is 19.8. The van der Waals surface area contributed by atoms with Gasteiger partial charge in [-0.05, 0) is 38.3 Å². The van der Waals surface area contributed by atoms with Crippen molar-refractivity contribution >= 4 is 0 Å². The third kappa shape index (κ3) is 3.03. The quantitative estimate of drug-likeness (QED) is 0.864. The minimum atomic E-state index is -0.681. The Hall–Kier alpha value is -1.06. The lowest BCUT2D eigenvalue weighted by Crippen LogP contribution is -2.32. The third-order valence-corrected chi connectivity index (χ3v) is 3.65. The summed E-state index contributed by atoms with van der Waals surface area (Å²) < 4.78 is 5.76. The highest BCUT2D eigenvalue weighted by molar-refractivity contribution is 5.38. The van der Waals surface area contributed by atoms with Gasteiger partial charge in [0.2, 0.25) is 0 Å². The molecule has 1 aliphatic carbocycles. The van der Waals surface area contributed by atoms with Gasteiger partial charge in [-0.3, -0.25) is 0 Å². The zero-order valence-corrected chi connectivity index (χ0v) is 11.1. The second-order valence-electron chi connectivity index (χ2n) is 5.44. The van der Waals surface area contributed by atoms with Crippen LogP contribution in [0, 0.1) is 6.92 Å². The van der Waals surface area contributed by atoms with E-state index in [1.165, 1.54) is 0 Å². The van der Waals surface area contributed by atoms with Crippen LogP contribution in [0.2, 0.25) is 0 Å². The number of hydrogen-bond donors (Lipinski definition) is 2. The van der Waals surface area contributed by atoms with Gasteiger partial charge in [-0.25, -0.2) is 0 Å². The van der Waals surface area contributed by atoms with Crippen LogP contribution in [-0.2, 0) is 0 Å². The number of hydrogen-bond acceptors (Lipinski definition) is 3. The van der Waals surface area contributed by atoms with Crippen molar-refractivity contribution in [1.82, 2.24) is 0 Å². The lowest BCUT2D eigenvalue weighted by molar-refractivity contribution is 0.000454. The van der Waals surface area contributed by atoms with Gasteiger partial charge in [-0.15, -0.1) is 0 Å². The third-order valence-electron chi connectivity index (χ3n) is 3.65. The van der Waals surface area contributed by atoms with E-state index >= 15 is 0 Å². The SMILES string of the molecule is Cc1ccc(C(C)O)c(OCC2(O)CCCC2)c1. The molecule has 0 spiro atoms. The Morgan fingerprint density at radius 2 is 2.00 bits per heavy atom. The molecule has 2 rings (SSSR count). The van der Waals surface area contributed by atoms with Crippen molar-refractivity contribution in [3.63, 3.8) is 0 Å². The first-order valence-corrected chi connectivity index (χ1v) is 6.64. The summed E-state index contributed by atoms with van der Waals surface area (Å²) in [5.74, 6) is 0.685. The summed E-state index contributed by atoms with van der Waals surface area (Å²) in [6, 6.07) is 5.76. The molecule has 100 valence electrons. The van der Waals surface area contributed by atoms with Gasteiger partial charge in [0.1, 0.15) is 12.4 Å². The summed E-state index contributed by atoms with van der Waals surface area (Å²) in [7, 11) is 0. The smallest absolute Gasteiger partial charge is 0.125 e. The standard InChI is InChI=1S/C15H22O3/c1-11-5-6-13(12(2)16)14(9-11)18-10-15(17)7-3-4-8-15/h5-6,9,12,16-17H,3-4,7-8,10H2,1-2H3. The molecule has 18 heavy (non-hydrogen) atoms. The number of benzene rings is 1. The van der Waals surface area contributed by atoms with Crippen molar-refractivity contribution in [2.75, 3.05) is 6.61 Å². The molecule has 0 amide bonds. The maximum absolute atomic E-state index is 10.3. The summed E-state index contributed by atoms with van der Waals surface area (Å²) >= 11 is 0. The fourth-order valence-corrected chi connectivity index (χ4v) is 2.50. The minimum absolute atomic E-state index is 0.316. The molecule has 0 saturated heterocycles. The second kappa shape index (κ2) is 5.29. The first-order valence-electron chi connectivity index (χ1n) is 6.64. The Morgan fingerprint density at radius 1 is 1.33 bits per heavy atom. The fourth-order valence-electron chi connectivity index (χ4n) is 2.50. The largest absolute Gasteiger partial charge is 0.490 e. The Kier molecular flexibility index (Phi) is 3.93. The average Bonchev–Trinajstić information content (AvgIpc) is 2.74. The molecule has 1 aromatic rings. The van der Waals surface area contributed by atoms with Gasteiger partial charge in [0, 0.05) is 5.56 Å². The number of rotatable bonds is 4. The zero-order chi connectivity index (χ0) is 13.2. The molecule has 1 aliphatic rings. The van der Waals surface area contributed by atoms with Gasteiger partial charge in [0.05, 0.1) is 11.7 Å². The van der Waals surface area contributed by atoms with E-state index in [1.807, 2.05) is 25.1 Å². The Bertz CT molecular complexity index is 406. The van der Waals surface area contributed by atoms with Gasteiger partial charge in [0.15, 0.2) is 0 Å². The summed E-state index contributed by atoms with van der Waals surface area (Å²) in [6.45, 7) is 4.03. The molecule has 1 saturated carbocycles. The molecule has 0 aliphatic heterocycles. The molecule has 1 aromatic carbocycles.